The summed E-state index contributed by atoms with van der Waals surface area (Å²) in [7, 11) is 0. The second-order valence-corrected chi connectivity index (χ2v) is 7.49. The van der Waals surface area contributed by atoms with Gasteiger partial charge in [0.1, 0.15) is 6.54 Å². The molecule has 0 saturated carbocycles. The van der Waals surface area contributed by atoms with Gasteiger partial charge in [-0.05, 0) is 26.3 Å². The van der Waals surface area contributed by atoms with Crippen LogP contribution in [0.2, 0.25) is 0 Å². The number of hydrogen-bond donors (Lipinski definition) is 0. The lowest BCUT2D eigenvalue weighted by Crippen LogP contribution is -2.36. The number of hydrogen-bond acceptors (Lipinski definition) is 6. The van der Waals surface area contributed by atoms with Crippen LogP contribution < -0.4 is 5.56 Å². The second-order valence-electron chi connectivity index (χ2n) is 7.49. The molecule has 1 aliphatic rings. The lowest BCUT2D eigenvalue weighted by atomic mass is 9.89. The van der Waals surface area contributed by atoms with Crippen molar-refractivity contribution >= 4 is 5.91 Å². The molecule has 150 valence electrons. The zero-order chi connectivity index (χ0) is 20.5. The van der Waals surface area contributed by atoms with Gasteiger partial charge in [0.25, 0.3) is 5.56 Å². The fourth-order valence-electron chi connectivity index (χ4n) is 3.79. The first-order valence-electron chi connectivity index (χ1n) is 9.59. The lowest BCUT2D eigenvalue weighted by molar-refractivity contribution is -0.130. The Morgan fingerprint density at radius 1 is 1.14 bits per heavy atom. The molecule has 1 fully saturated rings. The fourth-order valence-corrected chi connectivity index (χ4v) is 3.79. The topological polar surface area (TPSA) is 94.1 Å². The van der Waals surface area contributed by atoms with Gasteiger partial charge in [0.2, 0.25) is 11.8 Å². The summed E-state index contributed by atoms with van der Waals surface area (Å²) in [6.45, 7) is 6.24. The highest BCUT2D eigenvalue weighted by Gasteiger charge is 2.40. The SMILES string of the molecule is Cc1noc(C2CN(C(=O)Cn3cnc(C)c(C)c3=O)CC2c2ccccc2)n1. The Morgan fingerprint density at radius 2 is 1.86 bits per heavy atom. The molecule has 0 bridgehead atoms. The number of likely N-dealkylation sites (tertiary alicyclic amines) is 1. The first-order chi connectivity index (χ1) is 13.9. The third kappa shape index (κ3) is 3.70. The zero-order valence-electron chi connectivity index (χ0n) is 16.7. The molecule has 29 heavy (non-hydrogen) atoms. The minimum Gasteiger partial charge on any atom is -0.340 e. The van der Waals surface area contributed by atoms with Gasteiger partial charge in [0.15, 0.2) is 5.82 Å². The monoisotopic (exact) mass is 393 g/mol. The molecule has 8 heteroatoms. The Balaban J connectivity index is 1.59. The number of carbonyl (C=O) groups is 1. The van der Waals surface area contributed by atoms with Gasteiger partial charge < -0.3 is 9.42 Å². The number of aryl methyl sites for hydroxylation is 2. The highest BCUT2D eigenvalue weighted by molar-refractivity contribution is 5.76. The lowest BCUT2D eigenvalue weighted by Gasteiger charge is -2.17. The van der Waals surface area contributed by atoms with Gasteiger partial charge in [0.05, 0.1) is 12.2 Å². The van der Waals surface area contributed by atoms with Gasteiger partial charge in [0, 0.05) is 30.3 Å². The van der Waals surface area contributed by atoms with Crippen LogP contribution in [0.5, 0.6) is 0 Å². The average molecular weight is 393 g/mol. The van der Waals surface area contributed by atoms with Crippen LogP contribution in [0.25, 0.3) is 0 Å². The molecule has 1 aromatic carbocycles. The Labute approximate surface area is 168 Å². The quantitative estimate of drug-likeness (QED) is 0.673. The Bertz CT molecular complexity index is 1090. The summed E-state index contributed by atoms with van der Waals surface area (Å²) in [5, 5.41) is 3.91. The number of benzene rings is 1. The molecule has 2 unspecified atom stereocenters. The van der Waals surface area contributed by atoms with Gasteiger partial charge >= 0.3 is 0 Å². The summed E-state index contributed by atoms with van der Waals surface area (Å²) >= 11 is 0. The number of rotatable bonds is 4. The van der Waals surface area contributed by atoms with E-state index in [1.165, 1.54) is 10.9 Å². The van der Waals surface area contributed by atoms with E-state index in [0.29, 0.717) is 36.1 Å². The summed E-state index contributed by atoms with van der Waals surface area (Å²) < 4.78 is 6.80. The van der Waals surface area contributed by atoms with Crippen LogP contribution in [0.4, 0.5) is 0 Å². The normalized spacial score (nSPS) is 18.9. The largest absolute Gasteiger partial charge is 0.340 e. The molecule has 8 nitrogen and oxygen atoms in total. The van der Waals surface area contributed by atoms with Crippen LogP contribution in [0.15, 0.2) is 46.0 Å². The molecule has 0 N–H and O–H groups in total. The van der Waals surface area contributed by atoms with Gasteiger partial charge in [-0.25, -0.2) is 4.98 Å². The molecule has 4 rings (SSSR count). The molecule has 3 heterocycles. The highest BCUT2D eigenvalue weighted by atomic mass is 16.5. The zero-order valence-corrected chi connectivity index (χ0v) is 16.7. The van der Waals surface area contributed by atoms with Crippen molar-refractivity contribution in [1.29, 1.82) is 0 Å². The predicted octanol–water partition coefficient (Wildman–Crippen LogP) is 1.96. The molecule has 1 saturated heterocycles. The molecule has 1 aliphatic heterocycles. The van der Waals surface area contributed by atoms with E-state index in [9.17, 15) is 9.59 Å². The highest BCUT2D eigenvalue weighted by Crippen LogP contribution is 2.39. The Kier molecular flexibility index (Phi) is 5.00. The molecular weight excluding hydrogens is 370 g/mol. The number of carbonyl (C=O) groups excluding carboxylic acids is 1. The molecule has 1 amide bonds. The maximum atomic E-state index is 13.0. The van der Waals surface area contributed by atoms with Crippen LogP contribution >= 0.6 is 0 Å². The van der Waals surface area contributed by atoms with Crippen molar-refractivity contribution < 1.29 is 9.32 Å². The van der Waals surface area contributed by atoms with Gasteiger partial charge in [-0.3, -0.25) is 14.2 Å². The molecular formula is C21H23N5O3. The van der Waals surface area contributed by atoms with Gasteiger partial charge in [-0.2, -0.15) is 4.98 Å². The summed E-state index contributed by atoms with van der Waals surface area (Å²) in [4.78, 5) is 35.8. The van der Waals surface area contributed by atoms with Crippen LogP contribution in [-0.4, -0.2) is 43.6 Å². The summed E-state index contributed by atoms with van der Waals surface area (Å²) in [5.41, 5.74) is 2.17. The smallest absolute Gasteiger partial charge is 0.256 e. The van der Waals surface area contributed by atoms with E-state index < -0.39 is 0 Å². The average Bonchev–Trinajstić information content (AvgIpc) is 3.35. The fraction of sp³-hybridized carbons (Fsp3) is 0.381. The van der Waals surface area contributed by atoms with Crippen LogP contribution in [0, 0.1) is 20.8 Å². The van der Waals surface area contributed by atoms with Crippen LogP contribution in [-0.2, 0) is 11.3 Å². The minimum absolute atomic E-state index is 0.0377. The van der Waals surface area contributed by atoms with E-state index in [1.54, 1.807) is 25.7 Å². The van der Waals surface area contributed by atoms with E-state index in [1.807, 2.05) is 30.3 Å². The Hall–Kier alpha value is -3.29. The molecule has 0 spiro atoms. The molecule has 2 atom stereocenters. The maximum absolute atomic E-state index is 13.0. The molecule has 0 aliphatic carbocycles. The van der Waals surface area contributed by atoms with E-state index in [-0.39, 0.29) is 29.8 Å². The van der Waals surface area contributed by atoms with E-state index in [0.717, 1.165) is 5.56 Å². The first-order valence-corrected chi connectivity index (χ1v) is 9.59. The third-order valence-corrected chi connectivity index (χ3v) is 5.58. The van der Waals surface area contributed by atoms with E-state index in [4.69, 9.17) is 4.52 Å². The third-order valence-electron chi connectivity index (χ3n) is 5.58. The van der Waals surface area contributed by atoms with Crippen LogP contribution in [0.3, 0.4) is 0 Å². The molecule has 3 aromatic rings. The second kappa shape index (κ2) is 7.62. The van der Waals surface area contributed by atoms with Crippen molar-refractivity contribution in [3.63, 3.8) is 0 Å². The van der Waals surface area contributed by atoms with Crippen LogP contribution in [0.1, 0.15) is 40.4 Å². The maximum Gasteiger partial charge on any atom is 0.256 e. The van der Waals surface area contributed by atoms with Crippen molar-refractivity contribution in [2.45, 2.75) is 39.2 Å². The minimum atomic E-state index is -0.186. The van der Waals surface area contributed by atoms with Crippen molar-refractivity contribution in [3.8, 4) is 0 Å². The summed E-state index contributed by atoms with van der Waals surface area (Å²) in [6, 6.07) is 10.0. The standard InChI is InChI=1S/C21H23N5O3/c1-13-14(2)22-12-26(21(13)28)11-19(27)25-9-17(16-7-5-4-6-8-16)18(10-25)20-23-15(3)24-29-20/h4-8,12,17-18H,9-11H2,1-3H3. The first kappa shape index (κ1) is 19.0. The Morgan fingerprint density at radius 3 is 2.55 bits per heavy atom. The van der Waals surface area contributed by atoms with Gasteiger partial charge in [-0.15, -0.1) is 0 Å². The van der Waals surface area contributed by atoms with Crippen molar-refractivity contribution in [1.82, 2.24) is 24.6 Å². The van der Waals surface area contributed by atoms with Gasteiger partial charge in [-0.1, -0.05) is 35.5 Å². The summed E-state index contributed by atoms with van der Waals surface area (Å²) in [5.74, 6) is 0.949. The number of amides is 1. The number of nitrogens with zero attached hydrogens (tertiary/aromatic N) is 5. The van der Waals surface area contributed by atoms with E-state index >= 15 is 0 Å². The predicted molar refractivity (Wildman–Crippen MR) is 106 cm³/mol. The van der Waals surface area contributed by atoms with Crippen molar-refractivity contribution in [3.05, 3.63) is 75.5 Å². The summed E-state index contributed by atoms with van der Waals surface area (Å²) in [6.07, 6.45) is 1.44. The van der Waals surface area contributed by atoms with E-state index in [2.05, 4.69) is 15.1 Å². The molecule has 2 aromatic heterocycles. The molecule has 0 radical (unpaired) electrons. The van der Waals surface area contributed by atoms with Crippen molar-refractivity contribution in [2.24, 2.45) is 0 Å². The van der Waals surface area contributed by atoms with Crippen molar-refractivity contribution in [2.75, 3.05) is 13.1 Å². The number of aromatic nitrogens is 4.